The summed E-state index contributed by atoms with van der Waals surface area (Å²) in [5.41, 5.74) is 0.0218. The number of rotatable bonds is 8. The molecule has 1 atom stereocenters. The van der Waals surface area contributed by atoms with Crippen molar-refractivity contribution in [2.45, 2.75) is 76.9 Å². The Morgan fingerprint density at radius 2 is 1.83 bits per heavy atom. The highest BCUT2D eigenvalue weighted by Crippen LogP contribution is 2.30. The number of nitrogens with one attached hydrogen (secondary N) is 1. The summed E-state index contributed by atoms with van der Waals surface area (Å²) in [4.78, 5) is 45.6. The number of amides is 2. The van der Waals surface area contributed by atoms with Gasteiger partial charge in [-0.1, -0.05) is 37.8 Å². The van der Waals surface area contributed by atoms with E-state index < -0.39 is 17.4 Å². The molecule has 2 aliphatic rings. The van der Waals surface area contributed by atoms with E-state index in [0.717, 1.165) is 37.0 Å². The lowest BCUT2D eigenvalue weighted by Gasteiger charge is -2.44. The zero-order chi connectivity index (χ0) is 25.7. The lowest BCUT2D eigenvalue weighted by atomic mass is 9.92. The maximum Gasteiger partial charge on any atom is 0.359 e. The number of hydrogen-bond acceptors (Lipinski definition) is 6. The molecule has 194 valence electrons. The number of ether oxygens (including phenoxy) is 2. The van der Waals surface area contributed by atoms with Gasteiger partial charge in [0.15, 0.2) is 5.69 Å². The second-order valence-electron chi connectivity index (χ2n) is 9.78. The van der Waals surface area contributed by atoms with Crippen molar-refractivity contribution in [3.05, 3.63) is 47.5 Å². The summed E-state index contributed by atoms with van der Waals surface area (Å²) in [6, 6.07) is 7.84. The molecule has 36 heavy (non-hydrogen) atoms. The molecule has 1 N–H and O–H groups in total. The van der Waals surface area contributed by atoms with Crippen LogP contribution < -0.4 is 10.1 Å². The molecule has 2 amide bonds. The van der Waals surface area contributed by atoms with Crippen molar-refractivity contribution in [2.24, 2.45) is 0 Å². The predicted molar refractivity (Wildman–Crippen MR) is 134 cm³/mol. The summed E-state index contributed by atoms with van der Waals surface area (Å²) in [7, 11) is 1.26. The van der Waals surface area contributed by atoms with Crippen LogP contribution in [0.5, 0.6) is 5.75 Å². The minimum Gasteiger partial charge on any atom is -0.494 e. The van der Waals surface area contributed by atoms with Crippen molar-refractivity contribution in [1.29, 1.82) is 0 Å². The largest absolute Gasteiger partial charge is 0.494 e. The number of carbonyl (C=O) groups excluding carboxylic acids is 3. The highest BCUT2D eigenvalue weighted by molar-refractivity contribution is 6.06. The van der Waals surface area contributed by atoms with E-state index in [9.17, 15) is 14.4 Å². The van der Waals surface area contributed by atoms with Crippen molar-refractivity contribution in [1.82, 2.24) is 19.8 Å². The van der Waals surface area contributed by atoms with E-state index >= 15 is 0 Å². The molecule has 0 radical (unpaired) electrons. The first kappa shape index (κ1) is 25.7. The number of imidazole rings is 1. The highest BCUT2D eigenvalue weighted by atomic mass is 16.5. The van der Waals surface area contributed by atoms with Crippen molar-refractivity contribution in [3.63, 3.8) is 0 Å². The minimum absolute atomic E-state index is 0.0280. The van der Waals surface area contributed by atoms with Crippen LogP contribution in [0.1, 0.15) is 78.9 Å². The van der Waals surface area contributed by atoms with Crippen molar-refractivity contribution in [2.75, 3.05) is 20.3 Å². The molecule has 2 aromatic rings. The van der Waals surface area contributed by atoms with Crippen LogP contribution in [0.3, 0.4) is 0 Å². The van der Waals surface area contributed by atoms with E-state index in [-0.39, 0.29) is 29.9 Å². The number of benzene rings is 1. The first-order valence-corrected chi connectivity index (χ1v) is 12.9. The molecule has 0 unspecified atom stereocenters. The third kappa shape index (κ3) is 5.24. The molecule has 0 bridgehead atoms. The first-order valence-electron chi connectivity index (χ1n) is 12.9. The van der Waals surface area contributed by atoms with Crippen LogP contribution in [0.15, 0.2) is 30.6 Å². The summed E-state index contributed by atoms with van der Waals surface area (Å²) in [5, 5.41) is 3.24. The molecule has 2 heterocycles. The summed E-state index contributed by atoms with van der Waals surface area (Å²) in [5.74, 6) is -0.457. The Labute approximate surface area is 212 Å². The molecule has 1 aliphatic carbocycles. The van der Waals surface area contributed by atoms with Crippen LogP contribution in [0.4, 0.5) is 0 Å². The van der Waals surface area contributed by atoms with Crippen molar-refractivity contribution in [3.8, 4) is 5.75 Å². The monoisotopic (exact) mass is 496 g/mol. The number of hydrogen-bond donors (Lipinski definition) is 1. The normalized spacial score (nSPS) is 20.4. The molecule has 0 saturated heterocycles. The fraction of sp³-hybridized carbons (Fsp3) is 0.556. The average molecular weight is 497 g/mol. The Balaban J connectivity index is 1.61. The van der Waals surface area contributed by atoms with Gasteiger partial charge in [-0.25, -0.2) is 9.78 Å². The van der Waals surface area contributed by atoms with Gasteiger partial charge >= 0.3 is 5.97 Å². The summed E-state index contributed by atoms with van der Waals surface area (Å²) >= 11 is 0. The van der Waals surface area contributed by atoms with Crippen LogP contribution in [0.25, 0.3) is 0 Å². The van der Waals surface area contributed by atoms with Gasteiger partial charge in [0.1, 0.15) is 17.0 Å². The van der Waals surface area contributed by atoms with Gasteiger partial charge in [0.05, 0.1) is 26.6 Å². The third-order valence-electron chi connectivity index (χ3n) is 7.28. The SMILES string of the molecule is CCOc1ccc(CCN2C(=O)c3c(C(=O)OC)ncn3C[C@]2(C)C(=O)NC2CCCCCC2)cc1. The van der Waals surface area contributed by atoms with E-state index in [2.05, 4.69) is 10.3 Å². The fourth-order valence-corrected chi connectivity index (χ4v) is 5.21. The number of esters is 1. The van der Waals surface area contributed by atoms with Crippen molar-refractivity contribution >= 4 is 17.8 Å². The van der Waals surface area contributed by atoms with Crippen LogP contribution in [-0.4, -0.2) is 64.1 Å². The molecule has 1 aliphatic heterocycles. The topological polar surface area (TPSA) is 103 Å². The summed E-state index contributed by atoms with van der Waals surface area (Å²) in [6.07, 6.45) is 8.45. The molecule has 1 saturated carbocycles. The molecule has 1 aromatic carbocycles. The number of methoxy groups -OCH3 is 1. The van der Waals surface area contributed by atoms with Gasteiger partial charge in [-0.2, -0.15) is 0 Å². The smallest absolute Gasteiger partial charge is 0.359 e. The zero-order valence-corrected chi connectivity index (χ0v) is 21.4. The van der Waals surface area contributed by atoms with Gasteiger partial charge < -0.3 is 24.3 Å². The predicted octanol–water partition coefficient (Wildman–Crippen LogP) is 3.36. The molecular weight excluding hydrogens is 460 g/mol. The lowest BCUT2D eigenvalue weighted by molar-refractivity contribution is -0.133. The van der Waals surface area contributed by atoms with E-state index in [1.54, 1.807) is 16.4 Å². The lowest BCUT2D eigenvalue weighted by Crippen LogP contribution is -2.65. The van der Waals surface area contributed by atoms with Gasteiger partial charge in [0.2, 0.25) is 5.91 Å². The van der Waals surface area contributed by atoms with E-state index in [0.29, 0.717) is 19.6 Å². The molecule has 1 fully saturated rings. The standard InChI is InChI=1S/C27H36N4O5/c1-4-36-21-13-11-19(12-14-21)15-16-31-24(32)23-22(25(33)35-3)28-18-30(23)17-27(31,2)26(34)29-20-9-7-5-6-8-10-20/h11-14,18,20H,4-10,15-17H2,1-3H3,(H,29,34)/t27-/m1/s1. The van der Waals surface area contributed by atoms with Crippen LogP contribution >= 0.6 is 0 Å². The molecule has 1 aromatic heterocycles. The molecule has 4 rings (SSSR count). The van der Waals surface area contributed by atoms with Crippen LogP contribution in [0.2, 0.25) is 0 Å². The zero-order valence-electron chi connectivity index (χ0n) is 21.4. The second-order valence-corrected chi connectivity index (χ2v) is 9.78. The number of aromatic nitrogens is 2. The Kier molecular flexibility index (Phi) is 7.96. The number of nitrogens with zero attached hydrogens (tertiary/aromatic N) is 3. The van der Waals surface area contributed by atoms with Crippen LogP contribution in [0, 0.1) is 0 Å². The highest BCUT2D eigenvalue weighted by Gasteiger charge is 2.49. The summed E-state index contributed by atoms with van der Waals surface area (Å²) < 4.78 is 12.0. The van der Waals surface area contributed by atoms with Gasteiger partial charge in [-0.3, -0.25) is 9.59 Å². The maximum absolute atomic E-state index is 13.8. The number of carbonyl (C=O) groups is 3. The quantitative estimate of drug-likeness (QED) is 0.444. The van der Waals surface area contributed by atoms with E-state index in [4.69, 9.17) is 9.47 Å². The van der Waals surface area contributed by atoms with Gasteiger partial charge in [0.25, 0.3) is 5.91 Å². The van der Waals surface area contributed by atoms with Gasteiger partial charge in [0, 0.05) is 12.6 Å². The molecule has 9 nitrogen and oxygen atoms in total. The second kappa shape index (κ2) is 11.1. The number of fused-ring (bicyclic) bond motifs is 1. The first-order chi connectivity index (χ1) is 17.4. The Hall–Kier alpha value is -3.36. The Morgan fingerprint density at radius 1 is 1.14 bits per heavy atom. The minimum atomic E-state index is -1.13. The molecular formula is C27H36N4O5. The summed E-state index contributed by atoms with van der Waals surface area (Å²) in [6.45, 7) is 4.85. The Morgan fingerprint density at radius 3 is 2.47 bits per heavy atom. The van der Waals surface area contributed by atoms with Gasteiger partial charge in [-0.05, 0) is 50.8 Å². The molecule has 0 spiro atoms. The van der Waals surface area contributed by atoms with E-state index in [1.165, 1.54) is 26.3 Å². The van der Waals surface area contributed by atoms with E-state index in [1.807, 2.05) is 31.2 Å². The third-order valence-corrected chi connectivity index (χ3v) is 7.28. The van der Waals surface area contributed by atoms with Crippen molar-refractivity contribution < 1.29 is 23.9 Å². The Bertz CT molecular complexity index is 1090. The van der Waals surface area contributed by atoms with Gasteiger partial charge in [-0.15, -0.1) is 0 Å². The van der Waals surface area contributed by atoms with Crippen LogP contribution in [-0.2, 0) is 22.5 Å². The average Bonchev–Trinajstić information content (AvgIpc) is 3.12. The molecule has 9 heteroatoms. The maximum atomic E-state index is 13.8. The fourth-order valence-electron chi connectivity index (χ4n) is 5.21.